The molecule has 0 spiro atoms. The van der Waals surface area contributed by atoms with Crippen LogP contribution in [0.4, 0.5) is 11.4 Å². The molecule has 0 aliphatic rings. The van der Waals surface area contributed by atoms with Gasteiger partial charge in [-0.3, -0.25) is 20.2 Å². The summed E-state index contributed by atoms with van der Waals surface area (Å²) in [6.45, 7) is 0. The second-order valence-electron chi connectivity index (χ2n) is 4.41. The van der Waals surface area contributed by atoms with E-state index >= 15 is 0 Å². The Morgan fingerprint density at radius 3 is 1.42 bits per heavy atom. The van der Waals surface area contributed by atoms with E-state index in [0.29, 0.717) is 0 Å². The minimum Gasteiger partial charge on any atom is -0.476 e. The van der Waals surface area contributed by atoms with E-state index in [9.17, 15) is 25.0 Å². The molecular weight excluding hydrogens is 324 g/mol. The molecule has 10 heteroatoms. The van der Waals surface area contributed by atoms with Crippen LogP contribution in [0.3, 0.4) is 0 Å². The van der Waals surface area contributed by atoms with Crippen LogP contribution in [-0.2, 0) is 4.79 Å². The van der Waals surface area contributed by atoms with Crippen molar-refractivity contribution in [3.8, 4) is 11.5 Å². The molecule has 124 valence electrons. The van der Waals surface area contributed by atoms with Crippen LogP contribution in [-0.4, -0.2) is 27.2 Å². The highest BCUT2D eigenvalue weighted by Crippen LogP contribution is 2.22. The standard InChI is InChI=1S/C14H10N2O8/c17-13(18)14(23-11-5-1-9(2-6-11)15(19)20)24-12-7-3-10(4-8-12)16(21)22/h1-8,14H,(H,17,18). The molecule has 24 heavy (non-hydrogen) atoms. The highest BCUT2D eigenvalue weighted by atomic mass is 16.7. The fraction of sp³-hybridized carbons (Fsp3) is 0.0714. The summed E-state index contributed by atoms with van der Waals surface area (Å²) in [7, 11) is 0. The third kappa shape index (κ3) is 4.16. The highest BCUT2D eigenvalue weighted by Gasteiger charge is 2.22. The summed E-state index contributed by atoms with van der Waals surface area (Å²) >= 11 is 0. The maximum atomic E-state index is 11.2. The zero-order chi connectivity index (χ0) is 17.7. The normalized spacial score (nSPS) is 10.2. The predicted molar refractivity (Wildman–Crippen MR) is 78.9 cm³/mol. The lowest BCUT2D eigenvalue weighted by atomic mass is 10.3. The summed E-state index contributed by atoms with van der Waals surface area (Å²) in [4.78, 5) is 31.1. The Hall–Kier alpha value is -3.69. The molecular formula is C14H10N2O8. The largest absolute Gasteiger partial charge is 0.476 e. The predicted octanol–water partition coefficient (Wildman–Crippen LogP) is 2.37. The number of hydrogen-bond donors (Lipinski definition) is 1. The summed E-state index contributed by atoms with van der Waals surface area (Å²) in [6, 6.07) is 9.53. The van der Waals surface area contributed by atoms with Crippen molar-refractivity contribution in [2.75, 3.05) is 0 Å². The summed E-state index contributed by atoms with van der Waals surface area (Å²) in [5, 5.41) is 30.2. The SMILES string of the molecule is O=C(O)C(Oc1ccc([N+](=O)[O-])cc1)Oc1ccc([N+](=O)[O-])cc1. The molecule has 0 unspecified atom stereocenters. The van der Waals surface area contributed by atoms with Crippen LogP contribution in [0, 0.1) is 20.2 Å². The number of hydrogen-bond acceptors (Lipinski definition) is 7. The molecule has 0 amide bonds. The first-order valence-electron chi connectivity index (χ1n) is 6.42. The lowest BCUT2D eigenvalue weighted by molar-refractivity contribution is -0.385. The van der Waals surface area contributed by atoms with Gasteiger partial charge in [-0.05, 0) is 24.3 Å². The third-order valence-corrected chi connectivity index (χ3v) is 2.78. The van der Waals surface area contributed by atoms with E-state index in [0.717, 1.165) is 24.3 Å². The minimum atomic E-state index is -1.73. The van der Waals surface area contributed by atoms with Gasteiger partial charge in [0.1, 0.15) is 11.5 Å². The number of ether oxygens (including phenoxy) is 2. The highest BCUT2D eigenvalue weighted by molar-refractivity contribution is 5.71. The van der Waals surface area contributed by atoms with E-state index in [2.05, 4.69) is 0 Å². The van der Waals surface area contributed by atoms with Crippen LogP contribution in [0.5, 0.6) is 11.5 Å². The number of carbonyl (C=O) groups is 1. The molecule has 0 bridgehead atoms. The first-order chi connectivity index (χ1) is 11.4. The Kier molecular flexibility index (Phi) is 4.90. The van der Waals surface area contributed by atoms with Crippen molar-refractivity contribution in [3.05, 3.63) is 68.8 Å². The van der Waals surface area contributed by atoms with Gasteiger partial charge in [0, 0.05) is 24.3 Å². The summed E-state index contributed by atoms with van der Waals surface area (Å²) in [5.41, 5.74) is -0.351. The number of aliphatic carboxylic acids is 1. The molecule has 2 aromatic rings. The molecule has 0 radical (unpaired) electrons. The van der Waals surface area contributed by atoms with Gasteiger partial charge in [-0.25, -0.2) is 4.79 Å². The second-order valence-corrected chi connectivity index (χ2v) is 4.41. The van der Waals surface area contributed by atoms with Crippen LogP contribution in [0.2, 0.25) is 0 Å². The molecule has 0 saturated carbocycles. The van der Waals surface area contributed by atoms with E-state index < -0.39 is 22.1 Å². The lowest BCUT2D eigenvalue weighted by Gasteiger charge is -2.16. The van der Waals surface area contributed by atoms with Gasteiger partial charge in [0.2, 0.25) is 0 Å². The fourth-order valence-corrected chi connectivity index (χ4v) is 1.66. The van der Waals surface area contributed by atoms with Crippen LogP contribution in [0.15, 0.2) is 48.5 Å². The van der Waals surface area contributed by atoms with E-state index in [1.165, 1.54) is 24.3 Å². The van der Waals surface area contributed by atoms with Crippen LogP contribution in [0.25, 0.3) is 0 Å². The van der Waals surface area contributed by atoms with E-state index in [1.807, 2.05) is 0 Å². The van der Waals surface area contributed by atoms with Crippen molar-refractivity contribution in [1.29, 1.82) is 0 Å². The van der Waals surface area contributed by atoms with Crippen LogP contribution in [0.1, 0.15) is 0 Å². The molecule has 2 rings (SSSR count). The summed E-state index contributed by atoms with van der Waals surface area (Å²) < 4.78 is 10.2. The van der Waals surface area contributed by atoms with Gasteiger partial charge in [-0.1, -0.05) is 0 Å². The molecule has 0 atom stereocenters. The minimum absolute atomic E-state index is 0.0508. The Labute approximate surface area is 134 Å². The maximum absolute atomic E-state index is 11.2. The lowest BCUT2D eigenvalue weighted by Crippen LogP contribution is -2.33. The number of benzene rings is 2. The van der Waals surface area contributed by atoms with Gasteiger partial charge < -0.3 is 14.6 Å². The Morgan fingerprint density at radius 2 is 1.17 bits per heavy atom. The monoisotopic (exact) mass is 334 g/mol. The van der Waals surface area contributed by atoms with Crippen molar-refractivity contribution in [3.63, 3.8) is 0 Å². The molecule has 2 aromatic carbocycles. The first-order valence-corrected chi connectivity index (χ1v) is 6.42. The number of nitro groups is 2. The molecule has 10 nitrogen and oxygen atoms in total. The average molecular weight is 334 g/mol. The number of nitrogens with zero attached hydrogens (tertiary/aromatic N) is 2. The number of non-ortho nitro benzene ring substituents is 2. The topological polar surface area (TPSA) is 142 Å². The van der Waals surface area contributed by atoms with Gasteiger partial charge in [0.05, 0.1) is 9.85 Å². The average Bonchev–Trinajstić information content (AvgIpc) is 2.55. The second kappa shape index (κ2) is 7.05. The van der Waals surface area contributed by atoms with Crippen molar-refractivity contribution in [2.45, 2.75) is 6.29 Å². The smallest absolute Gasteiger partial charge is 0.387 e. The third-order valence-electron chi connectivity index (χ3n) is 2.78. The maximum Gasteiger partial charge on any atom is 0.387 e. The summed E-state index contributed by atoms with van der Waals surface area (Å²) in [5.74, 6) is -1.34. The molecule has 0 fully saturated rings. The van der Waals surface area contributed by atoms with Crippen molar-refractivity contribution >= 4 is 17.3 Å². The number of rotatable bonds is 7. The van der Waals surface area contributed by atoms with Gasteiger partial charge in [-0.15, -0.1) is 0 Å². The van der Waals surface area contributed by atoms with Crippen LogP contribution >= 0.6 is 0 Å². The van der Waals surface area contributed by atoms with Gasteiger partial charge in [-0.2, -0.15) is 0 Å². The molecule has 0 aliphatic heterocycles. The zero-order valence-corrected chi connectivity index (χ0v) is 11.9. The molecule has 1 N–H and O–H groups in total. The fourth-order valence-electron chi connectivity index (χ4n) is 1.66. The van der Waals surface area contributed by atoms with Crippen molar-refractivity contribution < 1.29 is 29.2 Å². The Balaban J connectivity index is 2.10. The van der Waals surface area contributed by atoms with Gasteiger partial charge >= 0.3 is 12.3 Å². The van der Waals surface area contributed by atoms with Crippen LogP contribution < -0.4 is 9.47 Å². The molecule has 0 saturated heterocycles. The first kappa shape index (κ1) is 16.7. The number of nitro benzene ring substituents is 2. The molecule has 0 aliphatic carbocycles. The number of carboxylic acids is 1. The Morgan fingerprint density at radius 1 is 0.833 bits per heavy atom. The zero-order valence-electron chi connectivity index (χ0n) is 11.9. The number of carboxylic acid groups (broad SMARTS) is 1. The van der Waals surface area contributed by atoms with E-state index in [4.69, 9.17) is 14.6 Å². The van der Waals surface area contributed by atoms with Crippen molar-refractivity contribution in [2.24, 2.45) is 0 Å². The quantitative estimate of drug-likeness (QED) is 0.462. The summed E-state index contributed by atoms with van der Waals surface area (Å²) in [6.07, 6.45) is -1.73. The van der Waals surface area contributed by atoms with E-state index in [1.54, 1.807) is 0 Å². The van der Waals surface area contributed by atoms with E-state index in [-0.39, 0.29) is 22.9 Å². The molecule has 0 heterocycles. The van der Waals surface area contributed by atoms with Crippen molar-refractivity contribution in [1.82, 2.24) is 0 Å². The van der Waals surface area contributed by atoms with Gasteiger partial charge in [0.25, 0.3) is 11.4 Å². The van der Waals surface area contributed by atoms with Gasteiger partial charge in [0.15, 0.2) is 0 Å². The Bertz CT molecular complexity index is 698. The molecule has 0 aromatic heterocycles.